The van der Waals surface area contributed by atoms with Gasteiger partial charge >= 0.3 is 16.3 Å². The number of aromatic nitrogens is 1. The van der Waals surface area contributed by atoms with Crippen LogP contribution in [0.3, 0.4) is 0 Å². The van der Waals surface area contributed by atoms with Crippen LogP contribution >= 0.6 is 11.3 Å². The molecule has 2 atom stereocenters. The molecule has 0 spiro atoms. The van der Waals surface area contributed by atoms with E-state index in [-0.39, 0.29) is 34.0 Å². The first-order valence-electron chi connectivity index (χ1n) is 9.32. The van der Waals surface area contributed by atoms with E-state index in [1.165, 1.54) is 24.1 Å². The molecule has 5 N–H and O–H groups in total. The standard InChI is InChI=1S/C16H20N6O9S2/c1-16(2,14(26)27)31-20-10(7-6-32-15(17)18-7)12(24)19-11-8(5-21-4-3-9(21)23)22(13(11)25)33(28,29)30/h6,8,11H,3-5H2,1-2H3,(H2,17,18)(H,19,24)(H,26,27)(H,28,29,30)/t8-,11-/m0/s1. The van der Waals surface area contributed by atoms with Crippen LogP contribution in [0.5, 0.6) is 0 Å². The normalized spacial score (nSPS) is 21.4. The van der Waals surface area contributed by atoms with E-state index in [2.05, 4.69) is 15.5 Å². The van der Waals surface area contributed by atoms with Gasteiger partial charge in [0.15, 0.2) is 10.8 Å². The van der Waals surface area contributed by atoms with Gasteiger partial charge < -0.3 is 25.9 Å². The number of carbonyl (C=O) groups excluding carboxylic acids is 3. The van der Waals surface area contributed by atoms with Crippen molar-refractivity contribution in [3.63, 3.8) is 0 Å². The Hall–Kier alpha value is -3.31. The third-order valence-electron chi connectivity index (χ3n) is 4.92. The molecule has 0 saturated carbocycles. The molecule has 17 heteroatoms. The van der Waals surface area contributed by atoms with E-state index in [0.29, 0.717) is 6.54 Å². The average Bonchev–Trinajstić information content (AvgIpc) is 3.12. The van der Waals surface area contributed by atoms with E-state index in [1.54, 1.807) is 0 Å². The van der Waals surface area contributed by atoms with Crippen molar-refractivity contribution in [3.05, 3.63) is 11.1 Å². The van der Waals surface area contributed by atoms with Crippen molar-refractivity contribution in [1.82, 2.24) is 19.5 Å². The van der Waals surface area contributed by atoms with Crippen molar-refractivity contribution in [2.45, 2.75) is 38.0 Å². The number of nitrogen functional groups attached to an aromatic ring is 1. The summed E-state index contributed by atoms with van der Waals surface area (Å²) in [6.07, 6.45) is 0.252. The molecule has 2 aliphatic heterocycles. The minimum absolute atomic E-state index is 0.0643. The van der Waals surface area contributed by atoms with Crippen LogP contribution in [0.25, 0.3) is 0 Å². The summed E-state index contributed by atoms with van der Waals surface area (Å²) in [5, 5.41) is 16.5. The average molecular weight is 505 g/mol. The van der Waals surface area contributed by atoms with Crippen LogP contribution in [0.4, 0.5) is 5.13 Å². The third-order valence-corrected chi connectivity index (χ3v) is 6.54. The highest BCUT2D eigenvalue weighted by atomic mass is 32.2. The molecule has 1 aromatic heterocycles. The first kappa shape index (κ1) is 24.3. The number of β-lactam (4-membered cyclic amide) rings is 2. The number of nitrogens with two attached hydrogens (primary N) is 1. The van der Waals surface area contributed by atoms with Crippen LogP contribution in [0.2, 0.25) is 0 Å². The number of rotatable bonds is 9. The van der Waals surface area contributed by atoms with Gasteiger partial charge in [-0.05, 0) is 13.8 Å². The summed E-state index contributed by atoms with van der Waals surface area (Å²) in [6, 6.07) is -2.69. The molecule has 33 heavy (non-hydrogen) atoms. The molecule has 3 amide bonds. The molecule has 0 aromatic carbocycles. The number of anilines is 1. The number of carbonyl (C=O) groups is 4. The number of aliphatic carboxylic acids is 1. The van der Waals surface area contributed by atoms with Crippen LogP contribution in [-0.4, -0.2) is 92.4 Å². The zero-order valence-electron chi connectivity index (χ0n) is 17.3. The van der Waals surface area contributed by atoms with E-state index in [1.807, 2.05) is 0 Å². The lowest BCUT2D eigenvalue weighted by atomic mass is 9.96. The Labute approximate surface area is 191 Å². The van der Waals surface area contributed by atoms with E-state index in [4.69, 9.17) is 10.6 Å². The molecular formula is C16H20N6O9S2. The highest BCUT2D eigenvalue weighted by Crippen LogP contribution is 2.26. The fourth-order valence-corrected chi connectivity index (χ4v) is 4.35. The second-order valence-electron chi connectivity index (χ2n) is 7.64. The Morgan fingerprint density at radius 3 is 2.55 bits per heavy atom. The van der Waals surface area contributed by atoms with Crippen molar-refractivity contribution >= 4 is 56.2 Å². The number of likely N-dealkylation sites (tertiary alicyclic amines) is 1. The predicted molar refractivity (Wildman–Crippen MR) is 111 cm³/mol. The third kappa shape index (κ3) is 4.88. The number of hydrogen-bond acceptors (Lipinski definition) is 11. The minimum Gasteiger partial charge on any atom is -0.478 e. The Morgan fingerprint density at radius 2 is 2.09 bits per heavy atom. The lowest BCUT2D eigenvalue weighted by Gasteiger charge is -2.47. The van der Waals surface area contributed by atoms with E-state index in [0.717, 1.165) is 11.3 Å². The van der Waals surface area contributed by atoms with Crippen LogP contribution in [0.1, 0.15) is 26.0 Å². The molecule has 0 bridgehead atoms. The van der Waals surface area contributed by atoms with E-state index in [9.17, 15) is 37.3 Å². The van der Waals surface area contributed by atoms with Crippen molar-refractivity contribution in [2.24, 2.45) is 5.16 Å². The number of carboxylic acids is 1. The molecule has 0 unspecified atom stereocenters. The number of oxime groups is 1. The fourth-order valence-electron chi connectivity index (χ4n) is 2.93. The molecule has 0 radical (unpaired) electrons. The number of amides is 3. The number of hydrogen-bond donors (Lipinski definition) is 4. The Kier molecular flexibility index (Phi) is 6.31. The van der Waals surface area contributed by atoms with Crippen molar-refractivity contribution in [3.8, 4) is 0 Å². The summed E-state index contributed by atoms with van der Waals surface area (Å²) in [5.41, 5.74) is 3.16. The van der Waals surface area contributed by atoms with Gasteiger partial charge in [-0.2, -0.15) is 8.42 Å². The summed E-state index contributed by atoms with van der Waals surface area (Å²) in [6.45, 7) is 2.45. The van der Waals surface area contributed by atoms with Gasteiger partial charge in [0.2, 0.25) is 11.5 Å². The van der Waals surface area contributed by atoms with Gasteiger partial charge in [-0.3, -0.25) is 18.9 Å². The monoisotopic (exact) mass is 504 g/mol. The second kappa shape index (κ2) is 8.56. The maximum Gasteiger partial charge on any atom is 0.362 e. The summed E-state index contributed by atoms with van der Waals surface area (Å²) >= 11 is 0.955. The maximum absolute atomic E-state index is 12.9. The summed E-state index contributed by atoms with van der Waals surface area (Å²) in [5.74, 6) is -3.83. The lowest BCUT2D eigenvalue weighted by molar-refractivity contribution is -0.161. The van der Waals surface area contributed by atoms with E-state index >= 15 is 0 Å². The molecule has 180 valence electrons. The zero-order valence-corrected chi connectivity index (χ0v) is 18.9. The van der Waals surface area contributed by atoms with Gasteiger partial charge in [-0.25, -0.2) is 14.1 Å². The van der Waals surface area contributed by atoms with Crippen molar-refractivity contribution < 1.29 is 42.1 Å². The predicted octanol–water partition coefficient (Wildman–Crippen LogP) is -1.96. The highest BCUT2D eigenvalue weighted by molar-refractivity contribution is 7.84. The quantitative estimate of drug-likeness (QED) is 0.125. The first-order chi connectivity index (χ1) is 15.2. The van der Waals surface area contributed by atoms with Gasteiger partial charge in [0.25, 0.3) is 11.8 Å². The van der Waals surface area contributed by atoms with Crippen LogP contribution in [0.15, 0.2) is 10.5 Å². The van der Waals surface area contributed by atoms with Crippen molar-refractivity contribution in [1.29, 1.82) is 0 Å². The summed E-state index contributed by atoms with van der Waals surface area (Å²) in [4.78, 5) is 58.3. The molecule has 1 aromatic rings. The first-order valence-corrected chi connectivity index (χ1v) is 11.6. The number of nitrogens with one attached hydrogen (secondary N) is 1. The molecule has 2 saturated heterocycles. The van der Waals surface area contributed by atoms with Crippen LogP contribution in [0, 0.1) is 0 Å². The largest absolute Gasteiger partial charge is 0.478 e. The number of nitrogens with zero attached hydrogens (tertiary/aromatic N) is 4. The molecule has 3 heterocycles. The molecule has 0 aliphatic carbocycles. The Bertz CT molecular complexity index is 1150. The second-order valence-corrected chi connectivity index (χ2v) is 9.82. The van der Waals surface area contributed by atoms with Gasteiger partial charge in [-0.15, -0.1) is 11.3 Å². The van der Waals surface area contributed by atoms with Gasteiger partial charge in [0.1, 0.15) is 11.7 Å². The molecule has 2 aliphatic rings. The topological polar surface area (TPSA) is 222 Å². The van der Waals surface area contributed by atoms with Gasteiger partial charge in [-0.1, -0.05) is 5.16 Å². The summed E-state index contributed by atoms with van der Waals surface area (Å²) in [7, 11) is -4.94. The highest BCUT2D eigenvalue weighted by Gasteiger charge is 2.55. The van der Waals surface area contributed by atoms with Crippen molar-refractivity contribution in [2.75, 3.05) is 18.8 Å². The van der Waals surface area contributed by atoms with Gasteiger partial charge in [0, 0.05) is 24.9 Å². The Morgan fingerprint density at radius 1 is 1.42 bits per heavy atom. The number of thiazole rings is 1. The van der Waals surface area contributed by atoms with Gasteiger partial charge in [0.05, 0.1) is 6.04 Å². The fraction of sp³-hybridized carbons (Fsp3) is 0.500. The molecule has 15 nitrogen and oxygen atoms in total. The lowest BCUT2D eigenvalue weighted by Crippen LogP contribution is -2.75. The Balaban J connectivity index is 1.85. The molecule has 2 fully saturated rings. The number of carboxylic acid groups (broad SMARTS) is 1. The van der Waals surface area contributed by atoms with E-state index < -0.39 is 51.5 Å². The SMILES string of the molecule is CC(C)(ON=C(C(=O)N[C@@H]1C(=O)N(S(=O)(=O)O)[C@H]1CN1CCC1=O)c1csc(N)n1)C(=O)O. The minimum atomic E-state index is -4.94. The maximum atomic E-state index is 12.9. The molecule has 3 rings (SSSR count). The smallest absolute Gasteiger partial charge is 0.362 e. The van der Waals surface area contributed by atoms with Crippen LogP contribution in [-0.2, 0) is 34.3 Å². The zero-order chi connectivity index (χ0) is 24.7. The summed E-state index contributed by atoms with van der Waals surface area (Å²) < 4.78 is 32.7. The molecular weight excluding hydrogens is 484 g/mol. The van der Waals surface area contributed by atoms with Crippen LogP contribution < -0.4 is 11.1 Å².